The lowest BCUT2D eigenvalue weighted by molar-refractivity contribution is -0.126. The molecule has 5 heteroatoms. The maximum Gasteiger partial charge on any atom is 0.242 e. The molecule has 1 amide bonds. The average Bonchev–Trinajstić information content (AvgIpc) is 3.04. The molecule has 29 heavy (non-hydrogen) atoms. The summed E-state index contributed by atoms with van der Waals surface area (Å²) in [6.07, 6.45) is 3.59. The lowest BCUT2D eigenvalue weighted by Gasteiger charge is -2.15. The lowest BCUT2D eigenvalue weighted by atomic mass is 10.1. The van der Waals surface area contributed by atoms with E-state index in [-0.39, 0.29) is 11.2 Å². The second-order valence-electron chi connectivity index (χ2n) is 7.00. The molecule has 146 valence electrons. The highest BCUT2D eigenvalue weighted by Gasteiger charge is 2.37. The molecule has 1 aliphatic rings. The third-order valence-corrected chi connectivity index (χ3v) is 6.15. The Balaban J connectivity index is 1.60. The van der Waals surface area contributed by atoms with Crippen LogP contribution in [0.5, 0.6) is 0 Å². The van der Waals surface area contributed by atoms with Gasteiger partial charge in [0, 0.05) is 5.56 Å². The van der Waals surface area contributed by atoms with Crippen LogP contribution in [0.4, 0.5) is 0 Å². The summed E-state index contributed by atoms with van der Waals surface area (Å²) in [5.41, 5.74) is 2.10. The molecular weight excluding hydrogens is 378 g/mol. The number of thioether (sulfide) groups is 1. The van der Waals surface area contributed by atoms with Crippen LogP contribution in [0.2, 0.25) is 0 Å². The normalized spacial score (nSPS) is 18.4. The molecular formula is C24H23N3OS. The van der Waals surface area contributed by atoms with E-state index < -0.39 is 0 Å². The predicted molar refractivity (Wildman–Crippen MR) is 122 cm³/mol. The molecule has 1 atom stereocenters. The fraction of sp³-hybridized carbons (Fsp3) is 0.208. The third-order valence-electron chi connectivity index (χ3n) is 4.92. The van der Waals surface area contributed by atoms with Crippen LogP contribution in [0.3, 0.4) is 0 Å². The summed E-state index contributed by atoms with van der Waals surface area (Å²) in [7, 11) is 0. The Morgan fingerprint density at radius 2 is 1.76 bits per heavy atom. The molecule has 3 aromatic rings. The van der Waals surface area contributed by atoms with Crippen molar-refractivity contribution >= 4 is 39.8 Å². The van der Waals surface area contributed by atoms with Crippen molar-refractivity contribution in [3.63, 3.8) is 0 Å². The largest absolute Gasteiger partial charge is 0.284 e. The van der Waals surface area contributed by atoms with Gasteiger partial charge in [-0.1, -0.05) is 97.9 Å². The fourth-order valence-electron chi connectivity index (χ4n) is 3.45. The van der Waals surface area contributed by atoms with Crippen LogP contribution in [0.25, 0.3) is 10.8 Å². The van der Waals surface area contributed by atoms with Crippen molar-refractivity contribution in [2.75, 3.05) is 0 Å². The number of carbonyl (C=O) groups is 1. The monoisotopic (exact) mass is 401 g/mol. The molecule has 1 heterocycles. The van der Waals surface area contributed by atoms with E-state index in [2.05, 4.69) is 35.3 Å². The number of rotatable bonds is 6. The third kappa shape index (κ3) is 4.40. The molecule has 4 rings (SSSR count). The molecule has 0 unspecified atom stereocenters. The van der Waals surface area contributed by atoms with Gasteiger partial charge in [-0.05, 0) is 22.8 Å². The maximum absolute atomic E-state index is 12.9. The molecule has 0 spiro atoms. The molecule has 3 aromatic carbocycles. The SMILES string of the molecule is CCC[C@@H]1S/C(=N/N=C\c2cccc3ccccc23)N(Cc2ccccc2)C1=O. The van der Waals surface area contributed by atoms with E-state index in [0.717, 1.165) is 29.4 Å². The summed E-state index contributed by atoms with van der Waals surface area (Å²) >= 11 is 1.52. The highest BCUT2D eigenvalue weighted by Crippen LogP contribution is 2.31. The number of hydrogen-bond acceptors (Lipinski definition) is 4. The Labute approximate surface area is 175 Å². The van der Waals surface area contributed by atoms with Crippen molar-refractivity contribution in [2.24, 2.45) is 10.2 Å². The number of nitrogens with zero attached hydrogens (tertiary/aromatic N) is 3. The standard InChI is InChI=1S/C24H23N3OS/c1-2-9-22-23(28)27(17-18-10-4-3-5-11-18)24(29-22)26-25-16-20-14-8-13-19-12-6-7-15-21(19)20/h3-8,10-16,22H,2,9,17H2,1H3/b25-16-,26-24+/t22-/m0/s1. The van der Waals surface area contributed by atoms with Crippen molar-refractivity contribution in [1.82, 2.24) is 4.90 Å². The minimum atomic E-state index is -0.0739. The van der Waals surface area contributed by atoms with Crippen molar-refractivity contribution < 1.29 is 4.79 Å². The number of hydrogen-bond donors (Lipinski definition) is 0. The van der Waals surface area contributed by atoms with Crippen molar-refractivity contribution in [1.29, 1.82) is 0 Å². The number of carbonyl (C=O) groups excluding carboxylic acids is 1. The van der Waals surface area contributed by atoms with Crippen LogP contribution >= 0.6 is 11.8 Å². The zero-order chi connectivity index (χ0) is 20.1. The number of amidine groups is 1. The number of amides is 1. The predicted octanol–water partition coefficient (Wildman–Crippen LogP) is 5.47. The highest BCUT2D eigenvalue weighted by molar-refractivity contribution is 8.15. The van der Waals surface area contributed by atoms with Gasteiger partial charge in [0.25, 0.3) is 0 Å². The van der Waals surface area contributed by atoms with Gasteiger partial charge in [0.15, 0.2) is 5.17 Å². The number of benzene rings is 3. The van der Waals surface area contributed by atoms with Gasteiger partial charge in [-0.25, -0.2) is 0 Å². The van der Waals surface area contributed by atoms with Crippen LogP contribution in [0.1, 0.15) is 30.9 Å². The molecule has 1 fully saturated rings. The average molecular weight is 402 g/mol. The molecule has 0 saturated carbocycles. The quantitative estimate of drug-likeness (QED) is 0.406. The van der Waals surface area contributed by atoms with Gasteiger partial charge < -0.3 is 0 Å². The highest BCUT2D eigenvalue weighted by atomic mass is 32.2. The minimum Gasteiger partial charge on any atom is -0.284 e. The molecule has 1 aliphatic heterocycles. The van der Waals surface area contributed by atoms with Gasteiger partial charge in [-0.15, -0.1) is 5.10 Å². The Bertz CT molecular complexity index is 1060. The summed E-state index contributed by atoms with van der Waals surface area (Å²) < 4.78 is 0. The minimum absolute atomic E-state index is 0.0739. The van der Waals surface area contributed by atoms with Gasteiger partial charge in [0.1, 0.15) is 0 Å². The summed E-state index contributed by atoms with van der Waals surface area (Å²) in [5, 5.41) is 11.7. The fourth-order valence-corrected chi connectivity index (χ4v) is 4.66. The Hall–Kier alpha value is -2.92. The van der Waals surface area contributed by atoms with E-state index in [0.29, 0.717) is 11.7 Å². The Morgan fingerprint density at radius 1 is 1.00 bits per heavy atom. The van der Waals surface area contributed by atoms with Crippen LogP contribution in [0.15, 0.2) is 83.0 Å². The first-order chi connectivity index (χ1) is 14.3. The topological polar surface area (TPSA) is 45.0 Å². The zero-order valence-corrected chi connectivity index (χ0v) is 17.2. The molecule has 0 bridgehead atoms. The second-order valence-corrected chi connectivity index (χ2v) is 8.17. The lowest BCUT2D eigenvalue weighted by Crippen LogP contribution is -2.31. The first-order valence-corrected chi connectivity index (χ1v) is 10.7. The van der Waals surface area contributed by atoms with E-state index >= 15 is 0 Å². The van der Waals surface area contributed by atoms with E-state index in [4.69, 9.17) is 0 Å². The number of fused-ring (bicyclic) bond motifs is 1. The van der Waals surface area contributed by atoms with E-state index in [9.17, 15) is 4.79 Å². The molecule has 0 aromatic heterocycles. The first-order valence-electron chi connectivity index (χ1n) is 9.87. The van der Waals surface area contributed by atoms with Gasteiger partial charge in [-0.3, -0.25) is 9.69 Å². The smallest absolute Gasteiger partial charge is 0.242 e. The van der Waals surface area contributed by atoms with Crippen LogP contribution in [0, 0.1) is 0 Å². The van der Waals surface area contributed by atoms with Crippen molar-refractivity contribution in [2.45, 2.75) is 31.6 Å². The Morgan fingerprint density at radius 3 is 2.59 bits per heavy atom. The maximum atomic E-state index is 12.9. The van der Waals surface area contributed by atoms with Crippen molar-refractivity contribution in [3.8, 4) is 0 Å². The van der Waals surface area contributed by atoms with E-state index in [1.54, 1.807) is 11.1 Å². The van der Waals surface area contributed by atoms with E-state index in [1.165, 1.54) is 17.1 Å². The molecule has 0 aliphatic carbocycles. The van der Waals surface area contributed by atoms with Crippen molar-refractivity contribution in [3.05, 3.63) is 83.9 Å². The zero-order valence-electron chi connectivity index (χ0n) is 16.4. The molecule has 4 nitrogen and oxygen atoms in total. The van der Waals surface area contributed by atoms with E-state index in [1.807, 2.05) is 54.6 Å². The van der Waals surface area contributed by atoms with Crippen LogP contribution in [-0.4, -0.2) is 27.4 Å². The van der Waals surface area contributed by atoms with Gasteiger partial charge in [0.2, 0.25) is 5.91 Å². The molecule has 0 radical (unpaired) electrons. The van der Waals surface area contributed by atoms with Gasteiger partial charge in [0.05, 0.1) is 18.0 Å². The van der Waals surface area contributed by atoms with Gasteiger partial charge >= 0.3 is 0 Å². The first kappa shape index (κ1) is 19.4. The van der Waals surface area contributed by atoms with Gasteiger partial charge in [-0.2, -0.15) is 5.10 Å². The summed E-state index contributed by atoms with van der Waals surface area (Å²) in [5.74, 6) is 0.125. The summed E-state index contributed by atoms with van der Waals surface area (Å²) in [4.78, 5) is 14.7. The molecule has 0 N–H and O–H groups in total. The summed E-state index contributed by atoms with van der Waals surface area (Å²) in [6, 6.07) is 24.4. The van der Waals surface area contributed by atoms with Crippen LogP contribution in [-0.2, 0) is 11.3 Å². The molecule has 1 saturated heterocycles. The second kappa shape index (κ2) is 9.05. The summed E-state index contributed by atoms with van der Waals surface area (Å²) in [6.45, 7) is 2.62. The Kier molecular flexibility index (Phi) is 6.06. The van der Waals surface area contributed by atoms with Crippen LogP contribution < -0.4 is 0 Å².